The number of anilines is 1. The number of nitrogens with two attached hydrogens (primary N) is 2. The minimum Gasteiger partial charge on any atom is -0.489 e. The molecule has 1 aliphatic heterocycles. The van der Waals surface area contributed by atoms with Crippen molar-refractivity contribution in [2.45, 2.75) is 24.9 Å². The maximum Gasteiger partial charge on any atom is 0.412 e. The third-order valence-electron chi connectivity index (χ3n) is 5.53. The highest BCUT2D eigenvalue weighted by molar-refractivity contribution is 6.36. The average molecular weight is 523 g/mol. The van der Waals surface area contributed by atoms with Crippen LogP contribution < -0.4 is 21.5 Å². The Morgan fingerprint density at radius 1 is 1.26 bits per heavy atom. The standard InChI is InChI=1S/C22H21Cl2FN6O4/c23-15-1-2-16(25)19(24)14(15)3-4-34-18-5-11(7-29-20(18)26)12-8-30-31(10-12)13-6-17(28-9-13)21(32)35-22(27)33/h1-2,5,7-8,10,13,17,28H,3-4,6,9H2,(H2,26,29)(H2,27,33). The Labute approximate surface area is 209 Å². The molecule has 1 aromatic carbocycles. The van der Waals surface area contributed by atoms with Gasteiger partial charge in [-0.2, -0.15) is 5.10 Å². The van der Waals surface area contributed by atoms with Crippen LogP contribution in [-0.2, 0) is 16.0 Å². The maximum atomic E-state index is 13.7. The lowest BCUT2D eigenvalue weighted by atomic mass is 10.1. The molecule has 1 amide bonds. The van der Waals surface area contributed by atoms with Crippen LogP contribution in [0.4, 0.5) is 15.0 Å². The number of carbonyl (C=O) groups excluding carboxylic acids is 2. The second-order valence-corrected chi connectivity index (χ2v) is 8.61. The molecule has 0 radical (unpaired) electrons. The van der Waals surface area contributed by atoms with Crippen LogP contribution in [0.3, 0.4) is 0 Å². The van der Waals surface area contributed by atoms with E-state index in [1.807, 2.05) is 0 Å². The topological polar surface area (TPSA) is 147 Å². The van der Waals surface area contributed by atoms with Crippen molar-refractivity contribution >= 4 is 41.1 Å². The van der Waals surface area contributed by atoms with Crippen molar-refractivity contribution in [1.82, 2.24) is 20.1 Å². The summed E-state index contributed by atoms with van der Waals surface area (Å²) < 4.78 is 25.7. The number of halogens is 3. The van der Waals surface area contributed by atoms with Crippen molar-refractivity contribution in [1.29, 1.82) is 0 Å². The van der Waals surface area contributed by atoms with Gasteiger partial charge in [0.2, 0.25) is 0 Å². The monoisotopic (exact) mass is 522 g/mol. The second-order valence-electron chi connectivity index (χ2n) is 7.83. The molecule has 0 spiro atoms. The molecule has 0 saturated carbocycles. The number of nitrogen functional groups attached to an aromatic ring is 1. The van der Waals surface area contributed by atoms with Crippen LogP contribution in [0.5, 0.6) is 5.75 Å². The number of carbonyl (C=O) groups is 2. The molecule has 35 heavy (non-hydrogen) atoms. The molecule has 2 unspecified atom stereocenters. The van der Waals surface area contributed by atoms with E-state index in [0.717, 1.165) is 5.56 Å². The van der Waals surface area contributed by atoms with E-state index in [4.69, 9.17) is 39.4 Å². The zero-order valence-electron chi connectivity index (χ0n) is 18.2. The van der Waals surface area contributed by atoms with Crippen LogP contribution in [0, 0.1) is 5.82 Å². The number of benzene rings is 1. The van der Waals surface area contributed by atoms with Gasteiger partial charge in [0.1, 0.15) is 11.9 Å². The minimum absolute atomic E-state index is 0.0418. The molecule has 2 atom stereocenters. The van der Waals surface area contributed by atoms with E-state index in [1.165, 1.54) is 12.1 Å². The molecule has 5 N–H and O–H groups in total. The molecule has 0 aliphatic carbocycles. The summed E-state index contributed by atoms with van der Waals surface area (Å²) in [5.41, 5.74) is 12.8. The van der Waals surface area contributed by atoms with Gasteiger partial charge in [-0.3, -0.25) is 4.68 Å². The number of nitrogens with one attached hydrogen (secondary N) is 1. The number of amides is 1. The number of esters is 1. The molecule has 184 valence electrons. The van der Waals surface area contributed by atoms with E-state index >= 15 is 0 Å². The van der Waals surface area contributed by atoms with Gasteiger partial charge in [-0.1, -0.05) is 23.2 Å². The number of pyridine rings is 1. The van der Waals surface area contributed by atoms with Crippen LogP contribution in [0.2, 0.25) is 10.0 Å². The van der Waals surface area contributed by atoms with Gasteiger partial charge >= 0.3 is 12.1 Å². The summed E-state index contributed by atoms with van der Waals surface area (Å²) in [6.07, 6.45) is 4.55. The van der Waals surface area contributed by atoms with Crippen LogP contribution in [-0.4, -0.2) is 46.0 Å². The molecule has 2 aromatic heterocycles. The molecule has 0 bridgehead atoms. The van der Waals surface area contributed by atoms with Gasteiger partial charge in [0, 0.05) is 41.5 Å². The predicted octanol–water partition coefficient (Wildman–Crippen LogP) is 3.12. The fourth-order valence-electron chi connectivity index (χ4n) is 3.75. The van der Waals surface area contributed by atoms with Gasteiger partial charge in [-0.05, 0) is 30.2 Å². The van der Waals surface area contributed by atoms with E-state index in [-0.39, 0.29) is 29.9 Å². The molecule has 10 nitrogen and oxygen atoms in total. The first-order valence-electron chi connectivity index (χ1n) is 10.5. The van der Waals surface area contributed by atoms with Crippen molar-refractivity contribution in [2.24, 2.45) is 5.73 Å². The number of primary amides is 1. The van der Waals surface area contributed by atoms with Crippen molar-refractivity contribution < 1.29 is 23.5 Å². The predicted molar refractivity (Wildman–Crippen MR) is 127 cm³/mol. The zero-order valence-corrected chi connectivity index (χ0v) is 19.7. The minimum atomic E-state index is -1.14. The van der Waals surface area contributed by atoms with Crippen molar-refractivity contribution in [3.63, 3.8) is 0 Å². The Hall–Kier alpha value is -3.41. The lowest BCUT2D eigenvalue weighted by Gasteiger charge is -2.12. The van der Waals surface area contributed by atoms with Crippen molar-refractivity contribution in [2.75, 3.05) is 18.9 Å². The van der Waals surface area contributed by atoms with Gasteiger partial charge in [-0.25, -0.2) is 19.0 Å². The van der Waals surface area contributed by atoms with Crippen LogP contribution >= 0.6 is 23.2 Å². The zero-order chi connectivity index (χ0) is 25.1. The molecule has 3 aromatic rings. The van der Waals surface area contributed by atoms with Crippen LogP contribution in [0.25, 0.3) is 11.1 Å². The van der Waals surface area contributed by atoms with Gasteiger partial charge in [0.05, 0.1) is 23.9 Å². The summed E-state index contributed by atoms with van der Waals surface area (Å²) in [6, 6.07) is 3.58. The number of hydrogen-bond donors (Lipinski definition) is 3. The van der Waals surface area contributed by atoms with Gasteiger partial charge in [0.15, 0.2) is 11.6 Å². The molecule has 1 aliphatic rings. The Morgan fingerprint density at radius 3 is 2.83 bits per heavy atom. The lowest BCUT2D eigenvalue weighted by molar-refractivity contribution is -0.139. The Bertz CT molecular complexity index is 1270. The summed E-state index contributed by atoms with van der Waals surface area (Å²) in [6.45, 7) is 0.604. The number of hydrogen-bond acceptors (Lipinski definition) is 8. The third-order valence-corrected chi connectivity index (χ3v) is 6.30. The maximum absolute atomic E-state index is 13.7. The quantitative estimate of drug-likeness (QED) is 0.243. The number of ether oxygens (including phenoxy) is 2. The van der Waals surface area contributed by atoms with E-state index in [2.05, 4.69) is 20.1 Å². The summed E-state index contributed by atoms with van der Waals surface area (Å²) in [5, 5.41) is 7.67. The molecule has 1 saturated heterocycles. The fraction of sp³-hybridized carbons (Fsp3) is 0.273. The van der Waals surface area contributed by atoms with Crippen LogP contribution in [0.15, 0.2) is 36.8 Å². The summed E-state index contributed by atoms with van der Waals surface area (Å²) in [7, 11) is 0. The fourth-order valence-corrected chi connectivity index (χ4v) is 4.30. The van der Waals surface area contributed by atoms with Gasteiger partial charge in [0.25, 0.3) is 0 Å². The largest absolute Gasteiger partial charge is 0.489 e. The summed E-state index contributed by atoms with van der Waals surface area (Å²) >= 11 is 12.1. The normalized spacial score (nSPS) is 17.3. The molecule has 3 heterocycles. The summed E-state index contributed by atoms with van der Waals surface area (Å²) in [5.74, 6) is -0.749. The Balaban J connectivity index is 1.42. The van der Waals surface area contributed by atoms with E-state index in [9.17, 15) is 14.0 Å². The first-order chi connectivity index (χ1) is 16.7. The number of rotatable bonds is 7. The lowest BCUT2D eigenvalue weighted by Crippen LogP contribution is -2.35. The SMILES string of the molecule is NC(=O)OC(=O)C1CC(n2cc(-c3cnc(N)c(OCCc4c(Cl)ccc(F)c4Cl)c3)cn2)CN1. The average Bonchev–Trinajstić information content (AvgIpc) is 3.49. The highest BCUT2D eigenvalue weighted by Gasteiger charge is 2.33. The number of nitrogens with zero attached hydrogens (tertiary/aromatic N) is 3. The molecule has 13 heteroatoms. The summed E-state index contributed by atoms with van der Waals surface area (Å²) in [4.78, 5) is 26.9. The second kappa shape index (κ2) is 10.5. The van der Waals surface area contributed by atoms with E-state index in [1.54, 1.807) is 29.3 Å². The highest BCUT2D eigenvalue weighted by Crippen LogP contribution is 2.30. The van der Waals surface area contributed by atoms with Gasteiger partial charge < -0.3 is 26.3 Å². The first-order valence-corrected chi connectivity index (χ1v) is 11.3. The van der Waals surface area contributed by atoms with E-state index < -0.39 is 23.9 Å². The highest BCUT2D eigenvalue weighted by atomic mass is 35.5. The molecular formula is C22H21Cl2FN6O4. The van der Waals surface area contributed by atoms with Gasteiger partial charge in [-0.15, -0.1) is 0 Å². The molecule has 4 rings (SSSR count). The van der Waals surface area contributed by atoms with Crippen LogP contribution in [0.1, 0.15) is 18.0 Å². The third kappa shape index (κ3) is 5.64. The molecule has 1 fully saturated rings. The van der Waals surface area contributed by atoms with Crippen molar-refractivity contribution in [3.8, 4) is 16.9 Å². The number of aromatic nitrogens is 3. The Kier molecular flexibility index (Phi) is 7.39. The first kappa shape index (κ1) is 24.7. The Morgan fingerprint density at radius 2 is 2.06 bits per heavy atom. The van der Waals surface area contributed by atoms with Crippen molar-refractivity contribution in [3.05, 3.63) is 58.2 Å². The smallest absolute Gasteiger partial charge is 0.412 e. The van der Waals surface area contributed by atoms with E-state index in [0.29, 0.717) is 34.9 Å². The molecular weight excluding hydrogens is 502 g/mol.